The molecule has 21 heavy (non-hydrogen) atoms. The molecule has 1 heterocycles. The Labute approximate surface area is 132 Å². The van der Waals surface area contributed by atoms with E-state index in [0.717, 1.165) is 30.5 Å². The highest BCUT2D eigenvalue weighted by Gasteiger charge is 2.30. The minimum Gasteiger partial charge on any atom is -0.311 e. The van der Waals surface area contributed by atoms with Crippen LogP contribution in [0.5, 0.6) is 0 Å². The van der Waals surface area contributed by atoms with Crippen molar-refractivity contribution in [3.8, 4) is 0 Å². The highest BCUT2D eigenvalue weighted by molar-refractivity contribution is 4.96. The molecule has 0 spiro atoms. The van der Waals surface area contributed by atoms with Crippen LogP contribution in [0, 0.1) is 11.8 Å². The molecule has 2 heteroatoms. The lowest BCUT2D eigenvalue weighted by Crippen LogP contribution is -2.50. The summed E-state index contributed by atoms with van der Waals surface area (Å²) < 4.78 is 0. The third-order valence-corrected chi connectivity index (χ3v) is 5.47. The van der Waals surface area contributed by atoms with Crippen molar-refractivity contribution in [2.75, 3.05) is 19.6 Å². The van der Waals surface area contributed by atoms with E-state index in [9.17, 15) is 0 Å². The number of nitrogens with one attached hydrogen (secondary N) is 1. The fourth-order valence-electron chi connectivity index (χ4n) is 4.06. The summed E-state index contributed by atoms with van der Waals surface area (Å²) in [6.07, 6.45) is 10.7. The van der Waals surface area contributed by atoms with Crippen LogP contribution in [0.4, 0.5) is 0 Å². The fraction of sp³-hybridized carbons (Fsp3) is 0.895. The molecule has 2 unspecified atom stereocenters. The summed E-state index contributed by atoms with van der Waals surface area (Å²) in [6.45, 7) is 12.9. The van der Waals surface area contributed by atoms with Gasteiger partial charge >= 0.3 is 0 Å². The molecule has 2 atom stereocenters. The molecule has 2 aliphatic rings. The van der Waals surface area contributed by atoms with Crippen molar-refractivity contribution in [1.82, 2.24) is 10.2 Å². The molecule has 2 rings (SSSR count). The Morgan fingerprint density at radius 1 is 1.10 bits per heavy atom. The van der Waals surface area contributed by atoms with Gasteiger partial charge in [0.1, 0.15) is 0 Å². The molecule has 1 aliphatic carbocycles. The number of hydrogen-bond acceptors (Lipinski definition) is 2. The van der Waals surface area contributed by atoms with Crippen molar-refractivity contribution in [2.45, 2.75) is 78.3 Å². The second-order valence-corrected chi connectivity index (χ2v) is 7.82. The minimum atomic E-state index is 0.761. The lowest BCUT2D eigenvalue weighted by molar-refractivity contribution is 0.155. The Kier molecular flexibility index (Phi) is 6.75. The van der Waals surface area contributed by atoms with E-state index in [4.69, 9.17) is 0 Å². The molecule has 1 saturated carbocycles. The van der Waals surface area contributed by atoms with Crippen LogP contribution in [0.1, 0.15) is 66.2 Å². The molecule has 0 aromatic rings. The Morgan fingerprint density at radius 3 is 2.38 bits per heavy atom. The van der Waals surface area contributed by atoms with Crippen LogP contribution in [-0.2, 0) is 0 Å². The summed E-state index contributed by atoms with van der Waals surface area (Å²) in [5.41, 5.74) is 1.44. The monoisotopic (exact) mass is 292 g/mol. The molecule has 2 nitrogen and oxygen atoms in total. The Balaban J connectivity index is 1.76. The number of nitrogens with zero attached hydrogens (tertiary/aromatic N) is 1. The largest absolute Gasteiger partial charge is 0.311 e. The number of allylic oxidation sites excluding steroid dienone is 1. The highest BCUT2D eigenvalue weighted by atomic mass is 15.1. The third kappa shape index (κ3) is 5.41. The maximum atomic E-state index is 4.03. The van der Waals surface area contributed by atoms with Crippen LogP contribution in [0.3, 0.4) is 0 Å². The van der Waals surface area contributed by atoms with Gasteiger partial charge in [-0.1, -0.05) is 38.3 Å². The van der Waals surface area contributed by atoms with Gasteiger partial charge in [-0.2, -0.15) is 0 Å². The van der Waals surface area contributed by atoms with Gasteiger partial charge in [-0.15, -0.1) is 0 Å². The van der Waals surface area contributed by atoms with Crippen molar-refractivity contribution in [2.24, 2.45) is 11.8 Å². The van der Waals surface area contributed by atoms with Gasteiger partial charge in [-0.05, 0) is 64.5 Å². The van der Waals surface area contributed by atoms with Crippen molar-refractivity contribution in [3.63, 3.8) is 0 Å². The van der Waals surface area contributed by atoms with E-state index in [-0.39, 0.29) is 0 Å². The van der Waals surface area contributed by atoms with Crippen LogP contribution in [0.15, 0.2) is 11.6 Å². The molecule has 1 aliphatic heterocycles. The molecule has 1 saturated heterocycles. The van der Waals surface area contributed by atoms with Gasteiger partial charge < -0.3 is 5.32 Å². The number of hydrogen-bond donors (Lipinski definition) is 1. The summed E-state index contributed by atoms with van der Waals surface area (Å²) in [6, 6.07) is 1.55. The first-order valence-corrected chi connectivity index (χ1v) is 9.18. The first-order valence-electron chi connectivity index (χ1n) is 9.18. The van der Waals surface area contributed by atoms with Crippen molar-refractivity contribution >= 4 is 0 Å². The first-order chi connectivity index (χ1) is 10.1. The third-order valence-electron chi connectivity index (χ3n) is 5.47. The predicted octanol–water partition coefficient (Wildman–Crippen LogP) is 4.22. The average Bonchev–Trinajstić information content (AvgIpc) is 2.47. The van der Waals surface area contributed by atoms with Crippen molar-refractivity contribution in [1.29, 1.82) is 0 Å². The molecule has 0 radical (unpaired) electrons. The van der Waals surface area contributed by atoms with E-state index in [1.54, 1.807) is 0 Å². The van der Waals surface area contributed by atoms with Gasteiger partial charge in [0.25, 0.3) is 0 Å². The zero-order chi connectivity index (χ0) is 15.2. The molecule has 0 aromatic carbocycles. The number of likely N-dealkylation sites (tertiary alicyclic amines) is 1. The van der Waals surface area contributed by atoms with E-state index in [0.29, 0.717) is 0 Å². The average molecular weight is 293 g/mol. The summed E-state index contributed by atoms with van der Waals surface area (Å²) >= 11 is 0. The molecule has 2 fully saturated rings. The van der Waals surface area contributed by atoms with Crippen molar-refractivity contribution < 1.29 is 0 Å². The van der Waals surface area contributed by atoms with E-state index < -0.39 is 0 Å². The normalized spacial score (nSPS) is 28.8. The van der Waals surface area contributed by atoms with E-state index >= 15 is 0 Å². The SMILES string of the molecule is CC(C)=CCN1CCC(NC2CCCCC2C(C)C)CC1. The van der Waals surface area contributed by atoms with E-state index in [1.807, 2.05) is 0 Å². The van der Waals surface area contributed by atoms with E-state index in [1.165, 1.54) is 57.2 Å². The van der Waals surface area contributed by atoms with Gasteiger partial charge in [0.15, 0.2) is 0 Å². The fourth-order valence-corrected chi connectivity index (χ4v) is 4.06. The summed E-state index contributed by atoms with van der Waals surface area (Å²) in [5, 5.41) is 4.03. The first kappa shape index (κ1) is 17.0. The number of piperidine rings is 1. The lowest BCUT2D eigenvalue weighted by atomic mass is 9.77. The van der Waals surface area contributed by atoms with Gasteiger partial charge in [-0.25, -0.2) is 0 Å². The molecule has 0 bridgehead atoms. The Hall–Kier alpha value is -0.340. The second kappa shape index (κ2) is 8.33. The Bertz CT molecular complexity index is 322. The molecule has 122 valence electrons. The predicted molar refractivity (Wildman–Crippen MR) is 92.6 cm³/mol. The summed E-state index contributed by atoms with van der Waals surface area (Å²) in [7, 11) is 0. The van der Waals surface area contributed by atoms with Crippen LogP contribution < -0.4 is 5.32 Å². The number of rotatable bonds is 5. The smallest absolute Gasteiger partial charge is 0.0165 e. The minimum absolute atomic E-state index is 0.761. The lowest BCUT2D eigenvalue weighted by Gasteiger charge is -2.40. The van der Waals surface area contributed by atoms with E-state index in [2.05, 4.69) is 44.0 Å². The summed E-state index contributed by atoms with van der Waals surface area (Å²) in [5.74, 6) is 1.74. The van der Waals surface area contributed by atoms with Gasteiger partial charge in [0.2, 0.25) is 0 Å². The molecule has 0 aromatic heterocycles. The molecule has 0 amide bonds. The molecule has 1 N–H and O–H groups in total. The van der Waals surface area contributed by atoms with Gasteiger partial charge in [-0.3, -0.25) is 4.90 Å². The standard InChI is InChI=1S/C19H36N2/c1-15(2)9-12-21-13-10-17(11-14-21)20-19-8-6-5-7-18(19)16(3)4/h9,16-20H,5-8,10-14H2,1-4H3. The van der Waals surface area contributed by atoms with Crippen LogP contribution >= 0.6 is 0 Å². The Morgan fingerprint density at radius 2 is 1.76 bits per heavy atom. The topological polar surface area (TPSA) is 15.3 Å². The van der Waals surface area contributed by atoms with Crippen LogP contribution in [-0.4, -0.2) is 36.6 Å². The molecular formula is C19H36N2. The zero-order valence-electron chi connectivity index (χ0n) is 14.7. The molecular weight excluding hydrogens is 256 g/mol. The van der Waals surface area contributed by atoms with Crippen molar-refractivity contribution in [3.05, 3.63) is 11.6 Å². The quantitative estimate of drug-likeness (QED) is 0.763. The maximum absolute atomic E-state index is 4.03. The van der Waals surface area contributed by atoms with Crippen LogP contribution in [0.2, 0.25) is 0 Å². The maximum Gasteiger partial charge on any atom is 0.0165 e. The summed E-state index contributed by atoms with van der Waals surface area (Å²) in [4.78, 5) is 2.60. The van der Waals surface area contributed by atoms with Crippen LogP contribution in [0.25, 0.3) is 0 Å². The zero-order valence-corrected chi connectivity index (χ0v) is 14.7. The second-order valence-electron chi connectivity index (χ2n) is 7.82. The van der Waals surface area contributed by atoms with Gasteiger partial charge in [0, 0.05) is 18.6 Å². The highest BCUT2D eigenvalue weighted by Crippen LogP contribution is 2.31. The van der Waals surface area contributed by atoms with Gasteiger partial charge in [0.05, 0.1) is 0 Å².